The average Bonchev–Trinajstić information content (AvgIpc) is 2.46. The van der Waals surface area contributed by atoms with E-state index in [1.165, 1.54) is 19.2 Å². The summed E-state index contributed by atoms with van der Waals surface area (Å²) < 4.78 is 19.1. The number of hydrogen-bond donors (Lipinski definition) is 1. The highest BCUT2D eigenvalue weighted by Crippen LogP contribution is 2.36. The summed E-state index contributed by atoms with van der Waals surface area (Å²) in [5.41, 5.74) is 1.11. The second kappa shape index (κ2) is 6.62. The van der Waals surface area contributed by atoms with Crippen molar-refractivity contribution in [2.24, 2.45) is 0 Å². The van der Waals surface area contributed by atoms with Crippen molar-refractivity contribution in [3.63, 3.8) is 0 Å². The van der Waals surface area contributed by atoms with Crippen molar-refractivity contribution in [3.8, 4) is 0 Å². The van der Waals surface area contributed by atoms with Gasteiger partial charge in [-0.3, -0.25) is 0 Å². The third-order valence-electron chi connectivity index (χ3n) is 3.61. The first-order valence-corrected chi connectivity index (χ1v) is 7.52. The molecule has 1 heterocycles. The molecule has 0 aromatic heterocycles. The number of nitrogens with zero attached hydrogens (tertiary/aromatic N) is 1. The van der Waals surface area contributed by atoms with E-state index in [9.17, 15) is 9.18 Å². The Bertz CT molecular complexity index is 643. The standard InChI is InChI=1S/C15H16ClFN2O2S/c1-4-19-8(2)11(14(20)21-3)13(18-15(19)22)12-9(16)6-5-7-10(12)17/h5-7,13H,4H2,1-3H3,(H,18,22)/t13-/m0/s1. The molecule has 0 aliphatic carbocycles. The maximum atomic E-state index is 14.3. The first-order valence-electron chi connectivity index (χ1n) is 6.73. The van der Waals surface area contributed by atoms with Crippen LogP contribution in [0, 0.1) is 5.82 Å². The van der Waals surface area contributed by atoms with Gasteiger partial charge in [0.05, 0.1) is 18.7 Å². The summed E-state index contributed by atoms with van der Waals surface area (Å²) in [4.78, 5) is 14.0. The molecule has 1 aliphatic heterocycles. The Morgan fingerprint density at radius 2 is 2.23 bits per heavy atom. The van der Waals surface area contributed by atoms with Crippen molar-refractivity contribution in [2.75, 3.05) is 13.7 Å². The fourth-order valence-electron chi connectivity index (χ4n) is 2.54. The minimum absolute atomic E-state index is 0.182. The van der Waals surface area contributed by atoms with Crippen molar-refractivity contribution in [2.45, 2.75) is 19.9 Å². The van der Waals surface area contributed by atoms with E-state index in [0.717, 1.165) is 0 Å². The quantitative estimate of drug-likeness (QED) is 0.675. The molecule has 1 aromatic rings. The van der Waals surface area contributed by atoms with Crippen molar-refractivity contribution < 1.29 is 13.9 Å². The predicted molar refractivity (Wildman–Crippen MR) is 87.0 cm³/mol. The van der Waals surface area contributed by atoms with Gasteiger partial charge in [0.1, 0.15) is 5.82 Å². The zero-order chi connectivity index (χ0) is 16.4. The van der Waals surface area contributed by atoms with Gasteiger partial charge < -0.3 is 15.0 Å². The normalized spacial score (nSPS) is 18.3. The van der Waals surface area contributed by atoms with Crippen molar-refractivity contribution in [1.29, 1.82) is 0 Å². The molecule has 1 aromatic carbocycles. The lowest BCUT2D eigenvalue weighted by Gasteiger charge is -2.37. The molecule has 1 atom stereocenters. The average molecular weight is 343 g/mol. The molecule has 0 spiro atoms. The minimum Gasteiger partial charge on any atom is -0.466 e. The first-order chi connectivity index (χ1) is 10.4. The second-order valence-electron chi connectivity index (χ2n) is 4.75. The fraction of sp³-hybridized carbons (Fsp3) is 0.333. The number of ether oxygens (including phenoxy) is 1. The van der Waals surface area contributed by atoms with E-state index in [2.05, 4.69) is 5.32 Å². The molecule has 0 saturated heterocycles. The molecule has 0 amide bonds. The minimum atomic E-state index is -0.781. The number of methoxy groups -OCH3 is 1. The van der Waals surface area contributed by atoms with Gasteiger partial charge in [0.15, 0.2) is 5.11 Å². The molecule has 1 N–H and O–H groups in total. The molecular weight excluding hydrogens is 327 g/mol. The molecule has 0 saturated carbocycles. The van der Waals surface area contributed by atoms with Crippen LogP contribution < -0.4 is 5.32 Å². The molecule has 7 heteroatoms. The largest absolute Gasteiger partial charge is 0.466 e. The zero-order valence-electron chi connectivity index (χ0n) is 12.4. The molecule has 0 bridgehead atoms. The van der Waals surface area contributed by atoms with Gasteiger partial charge in [-0.05, 0) is 38.2 Å². The predicted octanol–water partition coefficient (Wildman–Crippen LogP) is 3.18. The van der Waals surface area contributed by atoms with Gasteiger partial charge >= 0.3 is 5.97 Å². The Morgan fingerprint density at radius 3 is 2.77 bits per heavy atom. The van der Waals surface area contributed by atoms with E-state index < -0.39 is 17.8 Å². The fourth-order valence-corrected chi connectivity index (χ4v) is 3.20. The number of carbonyl (C=O) groups excluding carboxylic acids is 1. The lowest BCUT2D eigenvalue weighted by molar-refractivity contribution is -0.136. The van der Waals surface area contributed by atoms with Crippen LogP contribution in [0.25, 0.3) is 0 Å². The molecule has 2 rings (SSSR count). The van der Waals surface area contributed by atoms with Gasteiger partial charge in [-0.2, -0.15) is 0 Å². The lowest BCUT2D eigenvalue weighted by atomic mass is 9.94. The van der Waals surface area contributed by atoms with Gasteiger partial charge in [0.25, 0.3) is 0 Å². The molecular formula is C15H16ClFN2O2S. The third-order valence-corrected chi connectivity index (χ3v) is 4.27. The zero-order valence-corrected chi connectivity index (χ0v) is 14.0. The monoisotopic (exact) mass is 342 g/mol. The molecule has 4 nitrogen and oxygen atoms in total. The molecule has 0 radical (unpaired) electrons. The number of nitrogens with one attached hydrogen (secondary N) is 1. The smallest absolute Gasteiger partial charge is 0.337 e. The number of hydrogen-bond acceptors (Lipinski definition) is 3. The van der Waals surface area contributed by atoms with Crippen molar-refractivity contribution >= 4 is 34.9 Å². The van der Waals surface area contributed by atoms with Crippen LogP contribution in [-0.4, -0.2) is 29.6 Å². The maximum absolute atomic E-state index is 14.3. The number of halogens is 2. The van der Waals surface area contributed by atoms with E-state index >= 15 is 0 Å². The molecule has 0 fully saturated rings. The molecule has 1 aliphatic rings. The number of thiocarbonyl (C=S) groups is 1. The SMILES string of the molecule is CCN1C(=S)N[C@H](c2c(F)cccc2Cl)C(C(=O)OC)=C1C. The number of esters is 1. The molecule has 22 heavy (non-hydrogen) atoms. The van der Waals surface area contributed by atoms with E-state index in [-0.39, 0.29) is 10.6 Å². The lowest BCUT2D eigenvalue weighted by Crippen LogP contribution is -2.47. The maximum Gasteiger partial charge on any atom is 0.337 e. The van der Waals surface area contributed by atoms with E-state index in [4.69, 9.17) is 28.6 Å². The van der Waals surface area contributed by atoms with Crippen LogP contribution in [0.5, 0.6) is 0 Å². The highest BCUT2D eigenvalue weighted by Gasteiger charge is 2.36. The summed E-state index contributed by atoms with van der Waals surface area (Å²) in [6, 6.07) is 3.59. The Morgan fingerprint density at radius 1 is 1.55 bits per heavy atom. The van der Waals surface area contributed by atoms with Crippen LogP contribution in [0.4, 0.5) is 4.39 Å². The van der Waals surface area contributed by atoms with Crippen LogP contribution in [-0.2, 0) is 9.53 Å². The molecule has 118 valence electrons. The van der Waals surface area contributed by atoms with Crippen LogP contribution >= 0.6 is 23.8 Å². The number of allylic oxidation sites excluding steroid dienone is 1. The first kappa shape index (κ1) is 16.7. The summed E-state index contributed by atoms with van der Waals surface area (Å²) in [7, 11) is 1.28. The topological polar surface area (TPSA) is 41.6 Å². The van der Waals surface area contributed by atoms with Crippen molar-refractivity contribution in [1.82, 2.24) is 10.2 Å². The highest BCUT2D eigenvalue weighted by molar-refractivity contribution is 7.80. The number of benzene rings is 1. The van der Waals surface area contributed by atoms with E-state index in [0.29, 0.717) is 22.9 Å². The Balaban J connectivity index is 2.66. The summed E-state index contributed by atoms with van der Waals surface area (Å²) in [5, 5.41) is 3.62. The Hall–Kier alpha value is -1.66. The van der Waals surface area contributed by atoms with Gasteiger partial charge in [-0.1, -0.05) is 17.7 Å². The number of rotatable bonds is 3. The van der Waals surface area contributed by atoms with Crippen molar-refractivity contribution in [3.05, 3.63) is 45.9 Å². The van der Waals surface area contributed by atoms with E-state index in [1.54, 1.807) is 17.9 Å². The summed E-state index contributed by atoms with van der Waals surface area (Å²) in [5.74, 6) is -1.05. The molecule has 0 unspecified atom stereocenters. The second-order valence-corrected chi connectivity index (χ2v) is 5.55. The van der Waals surface area contributed by atoms with Crippen LogP contribution in [0.2, 0.25) is 5.02 Å². The van der Waals surface area contributed by atoms with Gasteiger partial charge in [0.2, 0.25) is 0 Å². The van der Waals surface area contributed by atoms with Crippen LogP contribution in [0.15, 0.2) is 29.5 Å². The van der Waals surface area contributed by atoms with Gasteiger partial charge in [0, 0.05) is 22.8 Å². The Kier molecular flexibility index (Phi) is 5.03. The van der Waals surface area contributed by atoms with Gasteiger partial charge in [-0.15, -0.1) is 0 Å². The summed E-state index contributed by atoms with van der Waals surface area (Å²) in [6.45, 7) is 4.24. The van der Waals surface area contributed by atoms with Crippen LogP contribution in [0.1, 0.15) is 25.5 Å². The van der Waals surface area contributed by atoms with Crippen LogP contribution in [0.3, 0.4) is 0 Å². The van der Waals surface area contributed by atoms with E-state index in [1.807, 2.05) is 6.92 Å². The summed E-state index contributed by atoms with van der Waals surface area (Å²) in [6.07, 6.45) is 0. The Labute approximate surface area is 138 Å². The number of carbonyl (C=O) groups is 1. The third kappa shape index (κ3) is 2.80. The highest BCUT2D eigenvalue weighted by atomic mass is 35.5. The van der Waals surface area contributed by atoms with Gasteiger partial charge in [-0.25, -0.2) is 9.18 Å². The summed E-state index contributed by atoms with van der Waals surface area (Å²) >= 11 is 11.4.